The Labute approximate surface area is 190 Å². The van der Waals surface area contributed by atoms with Gasteiger partial charge in [-0.2, -0.15) is 4.31 Å². The molecule has 2 aromatic carbocycles. The molecule has 0 radical (unpaired) electrons. The van der Waals surface area contributed by atoms with E-state index in [0.717, 1.165) is 24.8 Å². The molecule has 172 valence electrons. The van der Waals surface area contributed by atoms with Crippen molar-refractivity contribution in [1.82, 2.24) is 9.62 Å². The Bertz CT molecular complexity index is 1070. The fraction of sp³-hybridized carbons (Fsp3) is 0.417. The van der Waals surface area contributed by atoms with Crippen LogP contribution in [0, 0.1) is 12.8 Å². The van der Waals surface area contributed by atoms with Crippen molar-refractivity contribution in [2.75, 3.05) is 18.4 Å². The first-order valence-corrected chi connectivity index (χ1v) is 12.4. The van der Waals surface area contributed by atoms with Gasteiger partial charge in [-0.1, -0.05) is 38.5 Å². The van der Waals surface area contributed by atoms with Crippen LogP contribution in [0.25, 0.3) is 0 Å². The highest BCUT2D eigenvalue weighted by atomic mass is 32.2. The molecule has 1 aliphatic rings. The van der Waals surface area contributed by atoms with E-state index in [4.69, 9.17) is 0 Å². The van der Waals surface area contributed by atoms with Crippen molar-refractivity contribution in [3.8, 4) is 0 Å². The summed E-state index contributed by atoms with van der Waals surface area (Å²) in [6.07, 6.45) is 2.76. The van der Waals surface area contributed by atoms with Gasteiger partial charge in [0.1, 0.15) is 0 Å². The monoisotopic (exact) mass is 457 g/mol. The lowest BCUT2D eigenvalue weighted by atomic mass is 10.1. The molecule has 3 rings (SSSR count). The highest BCUT2D eigenvalue weighted by molar-refractivity contribution is 7.89. The molecule has 1 saturated heterocycles. The minimum atomic E-state index is -3.62. The molecule has 2 N–H and O–H groups in total. The predicted molar refractivity (Wildman–Crippen MR) is 125 cm³/mol. The van der Waals surface area contributed by atoms with Crippen LogP contribution < -0.4 is 10.6 Å². The lowest BCUT2D eigenvalue weighted by Crippen LogP contribution is -2.36. The Balaban J connectivity index is 1.67. The summed E-state index contributed by atoms with van der Waals surface area (Å²) in [6, 6.07) is 12.0. The van der Waals surface area contributed by atoms with Crippen LogP contribution in [-0.4, -0.2) is 37.6 Å². The normalized spacial score (nSPS) is 14.9. The van der Waals surface area contributed by atoms with Crippen LogP contribution in [0.4, 0.5) is 5.69 Å². The van der Waals surface area contributed by atoms with E-state index in [9.17, 15) is 18.0 Å². The number of rotatable bonds is 7. The zero-order chi connectivity index (χ0) is 23.3. The Morgan fingerprint density at radius 1 is 1.00 bits per heavy atom. The molecule has 0 bridgehead atoms. The van der Waals surface area contributed by atoms with Gasteiger partial charge in [0, 0.05) is 36.8 Å². The third-order valence-corrected chi connectivity index (χ3v) is 7.62. The van der Waals surface area contributed by atoms with Crippen LogP contribution in [0.5, 0.6) is 0 Å². The van der Waals surface area contributed by atoms with E-state index < -0.39 is 10.0 Å². The number of piperidine rings is 1. The molecule has 2 amide bonds. The van der Waals surface area contributed by atoms with E-state index in [1.54, 1.807) is 31.2 Å². The number of hydrogen-bond acceptors (Lipinski definition) is 4. The molecule has 7 nitrogen and oxygen atoms in total. The molecule has 1 fully saturated rings. The van der Waals surface area contributed by atoms with E-state index in [-0.39, 0.29) is 22.6 Å². The summed E-state index contributed by atoms with van der Waals surface area (Å²) in [5.74, 6) is -0.495. The number of aryl methyl sites for hydroxylation is 1. The fourth-order valence-corrected chi connectivity index (χ4v) is 5.31. The average molecular weight is 458 g/mol. The van der Waals surface area contributed by atoms with Crippen molar-refractivity contribution in [1.29, 1.82) is 0 Å². The van der Waals surface area contributed by atoms with Gasteiger partial charge >= 0.3 is 0 Å². The molecule has 0 unspecified atom stereocenters. The lowest BCUT2D eigenvalue weighted by molar-refractivity contribution is -0.118. The molecule has 0 aromatic heterocycles. The number of benzene rings is 2. The first-order chi connectivity index (χ1) is 15.2. The van der Waals surface area contributed by atoms with Gasteiger partial charge < -0.3 is 10.6 Å². The first-order valence-electron chi connectivity index (χ1n) is 11.0. The van der Waals surface area contributed by atoms with Crippen LogP contribution in [0.3, 0.4) is 0 Å². The summed E-state index contributed by atoms with van der Waals surface area (Å²) in [7, 11) is -3.62. The Morgan fingerprint density at radius 3 is 2.28 bits per heavy atom. The Kier molecular flexibility index (Phi) is 7.69. The number of sulfonamides is 1. The summed E-state index contributed by atoms with van der Waals surface area (Å²) >= 11 is 0. The van der Waals surface area contributed by atoms with E-state index in [2.05, 4.69) is 10.6 Å². The summed E-state index contributed by atoms with van der Waals surface area (Å²) in [5.41, 5.74) is 2.51. The summed E-state index contributed by atoms with van der Waals surface area (Å²) in [5, 5.41) is 5.66. The van der Waals surface area contributed by atoms with Crippen LogP contribution in [0.1, 0.15) is 54.6 Å². The molecule has 2 aromatic rings. The van der Waals surface area contributed by atoms with E-state index in [0.29, 0.717) is 36.4 Å². The zero-order valence-electron chi connectivity index (χ0n) is 18.8. The second kappa shape index (κ2) is 10.3. The number of carbonyl (C=O) groups is 2. The number of hydrogen-bond donors (Lipinski definition) is 2. The Hall–Kier alpha value is -2.71. The van der Waals surface area contributed by atoms with Crippen molar-refractivity contribution in [2.45, 2.75) is 51.5 Å². The standard InChI is InChI=1S/C24H31N3O4S/c1-17(2)23(28)26-21-11-8-19(9-12-21)16-25-24(29)20-10-7-18(3)22(15-20)32(30,31)27-13-5-4-6-14-27/h7-12,15,17H,4-6,13-14,16H2,1-3H3,(H,25,29)(H,26,28). The van der Waals surface area contributed by atoms with Gasteiger partial charge in [0.2, 0.25) is 15.9 Å². The maximum Gasteiger partial charge on any atom is 0.251 e. The minimum Gasteiger partial charge on any atom is -0.348 e. The van der Waals surface area contributed by atoms with E-state index >= 15 is 0 Å². The number of carbonyl (C=O) groups excluding carboxylic acids is 2. The number of nitrogens with zero attached hydrogens (tertiary/aromatic N) is 1. The first kappa shape index (κ1) is 23.9. The molecular weight excluding hydrogens is 426 g/mol. The topological polar surface area (TPSA) is 95.6 Å². The molecule has 1 heterocycles. The average Bonchev–Trinajstić information content (AvgIpc) is 2.79. The third kappa shape index (κ3) is 5.75. The quantitative estimate of drug-likeness (QED) is 0.663. The second-order valence-electron chi connectivity index (χ2n) is 8.47. The van der Waals surface area contributed by atoms with Crippen molar-refractivity contribution in [2.24, 2.45) is 5.92 Å². The number of nitrogens with one attached hydrogen (secondary N) is 2. The van der Waals surface area contributed by atoms with Crippen molar-refractivity contribution in [3.63, 3.8) is 0 Å². The van der Waals surface area contributed by atoms with Crippen LogP contribution in [-0.2, 0) is 21.4 Å². The van der Waals surface area contributed by atoms with Crippen LogP contribution in [0.15, 0.2) is 47.4 Å². The molecule has 0 aliphatic carbocycles. The van der Waals surface area contributed by atoms with Crippen LogP contribution >= 0.6 is 0 Å². The van der Waals surface area contributed by atoms with Crippen molar-refractivity contribution in [3.05, 3.63) is 59.2 Å². The van der Waals surface area contributed by atoms with Gasteiger partial charge in [0.25, 0.3) is 5.91 Å². The van der Waals surface area contributed by atoms with Crippen molar-refractivity contribution < 1.29 is 18.0 Å². The molecule has 1 aliphatic heterocycles. The van der Waals surface area contributed by atoms with Gasteiger partial charge in [-0.15, -0.1) is 0 Å². The number of amides is 2. The SMILES string of the molecule is Cc1ccc(C(=O)NCc2ccc(NC(=O)C(C)C)cc2)cc1S(=O)(=O)N1CCCCC1. The maximum atomic E-state index is 13.1. The lowest BCUT2D eigenvalue weighted by Gasteiger charge is -2.26. The van der Waals surface area contributed by atoms with Gasteiger partial charge in [-0.25, -0.2) is 8.42 Å². The number of anilines is 1. The highest BCUT2D eigenvalue weighted by Gasteiger charge is 2.28. The maximum absolute atomic E-state index is 13.1. The summed E-state index contributed by atoms with van der Waals surface area (Å²) in [4.78, 5) is 24.7. The summed E-state index contributed by atoms with van der Waals surface area (Å²) in [6.45, 7) is 6.73. The molecule has 0 spiro atoms. The van der Waals surface area contributed by atoms with E-state index in [1.807, 2.05) is 26.0 Å². The molecule has 8 heteroatoms. The predicted octanol–water partition coefficient (Wildman–Crippen LogP) is 3.69. The zero-order valence-corrected chi connectivity index (χ0v) is 19.7. The van der Waals surface area contributed by atoms with Gasteiger partial charge in [0.05, 0.1) is 4.90 Å². The minimum absolute atomic E-state index is 0.0549. The largest absolute Gasteiger partial charge is 0.348 e. The molecule has 0 atom stereocenters. The van der Waals surface area contributed by atoms with Gasteiger partial charge in [0.15, 0.2) is 0 Å². The van der Waals surface area contributed by atoms with Gasteiger partial charge in [-0.3, -0.25) is 9.59 Å². The highest BCUT2D eigenvalue weighted by Crippen LogP contribution is 2.24. The molecule has 32 heavy (non-hydrogen) atoms. The van der Waals surface area contributed by atoms with Crippen LogP contribution in [0.2, 0.25) is 0 Å². The summed E-state index contributed by atoms with van der Waals surface area (Å²) < 4.78 is 27.7. The Morgan fingerprint density at radius 2 is 1.66 bits per heavy atom. The third-order valence-electron chi connectivity index (χ3n) is 5.58. The van der Waals surface area contributed by atoms with E-state index in [1.165, 1.54) is 10.4 Å². The fourth-order valence-electron chi connectivity index (χ4n) is 3.54. The molecular formula is C24H31N3O4S. The second-order valence-corrected chi connectivity index (χ2v) is 10.4. The van der Waals surface area contributed by atoms with Crippen molar-refractivity contribution >= 4 is 27.5 Å². The van der Waals surface area contributed by atoms with Gasteiger partial charge in [-0.05, 0) is 55.2 Å². The molecule has 0 saturated carbocycles. The smallest absolute Gasteiger partial charge is 0.251 e.